The largest absolute Gasteiger partial charge is 0.346 e. The average molecular weight is 409 g/mol. The van der Waals surface area contributed by atoms with Crippen molar-refractivity contribution in [1.29, 1.82) is 0 Å². The Morgan fingerprint density at radius 2 is 1.69 bits per heavy atom. The van der Waals surface area contributed by atoms with Crippen molar-refractivity contribution in [2.24, 2.45) is 0 Å². The van der Waals surface area contributed by atoms with Crippen molar-refractivity contribution >= 4 is 23.2 Å². The predicted octanol–water partition coefficient (Wildman–Crippen LogP) is 3.88. The van der Waals surface area contributed by atoms with Gasteiger partial charge in [-0.1, -0.05) is 18.2 Å². The first-order valence-electron chi connectivity index (χ1n) is 9.37. The second-order valence-corrected chi connectivity index (χ2v) is 8.39. The van der Waals surface area contributed by atoms with Gasteiger partial charge in [0.15, 0.2) is 0 Å². The zero-order valence-electron chi connectivity index (χ0n) is 16.9. The number of amides is 2. The van der Waals surface area contributed by atoms with Gasteiger partial charge in [-0.05, 0) is 56.5 Å². The number of thiophene rings is 1. The maximum atomic E-state index is 12.6. The van der Waals surface area contributed by atoms with E-state index in [0.29, 0.717) is 6.54 Å². The summed E-state index contributed by atoms with van der Waals surface area (Å²) in [5.41, 5.74) is 3.71. The summed E-state index contributed by atoms with van der Waals surface area (Å²) in [4.78, 5) is 35.3. The standard InChI is InChI=1S/C22H24N4O2S/c1-13-5-7-17(9-14(13)2)16(4)26-22(28)20-10-19(24-12-25-20)21(27)23-11-18-8-6-15(3)29-18/h5-10,12,16H,11H2,1-4H3,(H,23,27)(H,26,28)/t16-/m0/s1. The first-order valence-corrected chi connectivity index (χ1v) is 10.2. The normalized spacial score (nSPS) is 11.7. The lowest BCUT2D eigenvalue weighted by molar-refractivity contribution is 0.0934. The smallest absolute Gasteiger partial charge is 0.270 e. The number of carbonyl (C=O) groups is 2. The molecule has 3 rings (SSSR count). The van der Waals surface area contributed by atoms with Crippen LogP contribution in [-0.2, 0) is 6.54 Å². The van der Waals surface area contributed by atoms with Gasteiger partial charge in [0, 0.05) is 15.8 Å². The van der Waals surface area contributed by atoms with Crippen molar-refractivity contribution in [1.82, 2.24) is 20.6 Å². The van der Waals surface area contributed by atoms with Gasteiger partial charge in [-0.2, -0.15) is 0 Å². The molecule has 0 unspecified atom stereocenters. The molecule has 0 fully saturated rings. The molecule has 3 aromatic rings. The van der Waals surface area contributed by atoms with Crippen LogP contribution in [0.2, 0.25) is 0 Å². The van der Waals surface area contributed by atoms with Gasteiger partial charge in [0.1, 0.15) is 17.7 Å². The number of hydrogen-bond donors (Lipinski definition) is 2. The second kappa shape index (κ2) is 8.96. The molecule has 150 valence electrons. The number of benzene rings is 1. The van der Waals surface area contributed by atoms with Crippen LogP contribution in [0.25, 0.3) is 0 Å². The zero-order valence-corrected chi connectivity index (χ0v) is 17.8. The Hall–Kier alpha value is -3.06. The average Bonchev–Trinajstić information content (AvgIpc) is 3.13. The van der Waals surface area contributed by atoms with E-state index in [4.69, 9.17) is 0 Å². The molecule has 0 saturated carbocycles. The van der Waals surface area contributed by atoms with Gasteiger partial charge in [0.05, 0.1) is 12.6 Å². The van der Waals surface area contributed by atoms with E-state index < -0.39 is 0 Å². The van der Waals surface area contributed by atoms with Gasteiger partial charge < -0.3 is 10.6 Å². The van der Waals surface area contributed by atoms with Gasteiger partial charge in [-0.3, -0.25) is 9.59 Å². The molecule has 0 aliphatic carbocycles. The van der Waals surface area contributed by atoms with Gasteiger partial charge in [0.2, 0.25) is 0 Å². The van der Waals surface area contributed by atoms with Gasteiger partial charge in [0.25, 0.3) is 11.8 Å². The number of nitrogens with zero attached hydrogens (tertiary/aromatic N) is 2. The third-order valence-electron chi connectivity index (χ3n) is 4.73. The monoisotopic (exact) mass is 408 g/mol. The quantitative estimate of drug-likeness (QED) is 0.648. The topological polar surface area (TPSA) is 84.0 Å². The van der Waals surface area contributed by atoms with E-state index in [0.717, 1.165) is 10.4 Å². The molecule has 1 aromatic carbocycles. The van der Waals surface area contributed by atoms with Gasteiger partial charge in [-0.15, -0.1) is 11.3 Å². The van der Waals surface area contributed by atoms with Crippen LogP contribution >= 0.6 is 11.3 Å². The summed E-state index contributed by atoms with van der Waals surface area (Å²) in [7, 11) is 0. The lowest BCUT2D eigenvalue weighted by Gasteiger charge is -2.15. The van der Waals surface area contributed by atoms with Crippen molar-refractivity contribution in [3.8, 4) is 0 Å². The third-order valence-corrected chi connectivity index (χ3v) is 5.73. The van der Waals surface area contributed by atoms with Crippen LogP contribution in [0.4, 0.5) is 0 Å². The number of carbonyl (C=O) groups excluding carboxylic acids is 2. The molecule has 0 saturated heterocycles. The van der Waals surface area contributed by atoms with Gasteiger partial charge >= 0.3 is 0 Å². The SMILES string of the molecule is Cc1ccc(CNC(=O)c2cc(C(=O)N[C@@H](C)c3ccc(C)c(C)c3)ncn2)s1. The van der Waals surface area contributed by atoms with Crippen molar-refractivity contribution < 1.29 is 9.59 Å². The maximum absolute atomic E-state index is 12.6. The molecule has 0 aliphatic heterocycles. The summed E-state index contributed by atoms with van der Waals surface area (Å²) >= 11 is 1.63. The van der Waals surface area contributed by atoms with Gasteiger partial charge in [-0.25, -0.2) is 9.97 Å². The number of nitrogens with one attached hydrogen (secondary N) is 2. The minimum atomic E-state index is -0.346. The molecule has 2 aromatic heterocycles. The van der Waals surface area contributed by atoms with Crippen LogP contribution in [0, 0.1) is 20.8 Å². The summed E-state index contributed by atoms with van der Waals surface area (Å²) in [5.74, 6) is -0.684. The molecule has 0 bridgehead atoms. The molecular weight excluding hydrogens is 384 g/mol. The van der Waals surface area contributed by atoms with Crippen molar-refractivity contribution in [3.05, 3.63) is 80.6 Å². The summed E-state index contributed by atoms with van der Waals surface area (Å²) < 4.78 is 0. The number of aryl methyl sites for hydroxylation is 3. The minimum absolute atomic E-state index is 0.160. The van der Waals surface area contributed by atoms with Crippen LogP contribution in [0.5, 0.6) is 0 Å². The molecule has 6 nitrogen and oxygen atoms in total. The highest BCUT2D eigenvalue weighted by Crippen LogP contribution is 2.17. The number of aromatic nitrogens is 2. The predicted molar refractivity (Wildman–Crippen MR) is 114 cm³/mol. The molecule has 7 heteroatoms. The molecule has 0 spiro atoms. The van der Waals surface area contributed by atoms with E-state index in [1.165, 1.54) is 28.4 Å². The highest BCUT2D eigenvalue weighted by atomic mass is 32.1. The zero-order chi connectivity index (χ0) is 21.0. The molecule has 29 heavy (non-hydrogen) atoms. The molecule has 0 radical (unpaired) electrons. The number of rotatable bonds is 6. The Bertz CT molecular complexity index is 1040. The van der Waals surface area contributed by atoms with Crippen molar-refractivity contribution in [2.75, 3.05) is 0 Å². The van der Waals surface area contributed by atoms with E-state index in [9.17, 15) is 9.59 Å². The Morgan fingerprint density at radius 1 is 0.966 bits per heavy atom. The lowest BCUT2D eigenvalue weighted by Crippen LogP contribution is -2.29. The van der Waals surface area contributed by atoms with Crippen LogP contribution in [0.3, 0.4) is 0 Å². The molecule has 0 aliphatic rings. The maximum Gasteiger partial charge on any atom is 0.270 e. The van der Waals surface area contributed by atoms with E-state index in [2.05, 4.69) is 33.6 Å². The summed E-state index contributed by atoms with van der Waals surface area (Å²) in [6.45, 7) is 8.45. The first-order chi connectivity index (χ1) is 13.8. The molecule has 1 atom stereocenters. The molecule has 2 heterocycles. The van der Waals surface area contributed by atoms with Crippen LogP contribution in [-0.4, -0.2) is 21.8 Å². The van der Waals surface area contributed by atoms with Crippen LogP contribution in [0.1, 0.15) is 60.4 Å². The van der Waals surface area contributed by atoms with Crippen LogP contribution < -0.4 is 10.6 Å². The van der Waals surface area contributed by atoms with E-state index in [1.807, 2.05) is 45.0 Å². The Balaban J connectivity index is 1.65. The molecular formula is C22H24N4O2S. The Labute approximate surface area is 174 Å². The fraction of sp³-hybridized carbons (Fsp3) is 0.273. The second-order valence-electron chi connectivity index (χ2n) is 7.02. The van der Waals surface area contributed by atoms with Crippen LogP contribution in [0.15, 0.2) is 42.7 Å². The van der Waals surface area contributed by atoms with E-state index in [-0.39, 0.29) is 29.2 Å². The van der Waals surface area contributed by atoms with Crippen molar-refractivity contribution in [2.45, 2.75) is 40.3 Å². The Kier molecular flexibility index (Phi) is 6.39. The summed E-state index contributed by atoms with van der Waals surface area (Å²) in [5, 5.41) is 5.75. The molecule has 2 amide bonds. The Morgan fingerprint density at radius 3 is 2.34 bits per heavy atom. The van der Waals surface area contributed by atoms with Crippen molar-refractivity contribution in [3.63, 3.8) is 0 Å². The third kappa shape index (κ3) is 5.26. The van der Waals surface area contributed by atoms with E-state index in [1.54, 1.807) is 11.3 Å². The summed E-state index contributed by atoms with van der Waals surface area (Å²) in [6, 6.07) is 11.3. The highest BCUT2D eigenvalue weighted by molar-refractivity contribution is 7.11. The fourth-order valence-corrected chi connectivity index (χ4v) is 3.66. The fourth-order valence-electron chi connectivity index (χ4n) is 2.83. The first kappa shape index (κ1) is 20.7. The number of hydrogen-bond acceptors (Lipinski definition) is 5. The summed E-state index contributed by atoms with van der Waals surface area (Å²) in [6.07, 6.45) is 1.24. The highest BCUT2D eigenvalue weighted by Gasteiger charge is 2.16. The molecule has 2 N–H and O–H groups in total. The van der Waals surface area contributed by atoms with E-state index >= 15 is 0 Å². The minimum Gasteiger partial charge on any atom is -0.346 e. The lowest BCUT2D eigenvalue weighted by atomic mass is 10.0.